The molecular formula is C26H34N4O2. The Morgan fingerprint density at radius 2 is 1.69 bits per heavy atom. The molecule has 6 nitrogen and oxygen atoms in total. The van der Waals surface area contributed by atoms with Crippen LogP contribution >= 0.6 is 0 Å². The largest absolute Gasteiger partial charge is 0.356 e. The van der Waals surface area contributed by atoms with E-state index < -0.39 is 0 Å². The summed E-state index contributed by atoms with van der Waals surface area (Å²) in [7, 11) is 0. The van der Waals surface area contributed by atoms with Gasteiger partial charge in [-0.3, -0.25) is 9.59 Å². The molecule has 32 heavy (non-hydrogen) atoms. The molecule has 1 aromatic carbocycles. The number of benzene rings is 1. The molecule has 170 valence electrons. The number of carbonyl (C=O) groups is 2. The molecule has 0 radical (unpaired) electrons. The molecule has 2 saturated heterocycles. The van der Waals surface area contributed by atoms with Gasteiger partial charge in [-0.1, -0.05) is 37.5 Å². The molecule has 3 aliphatic rings. The van der Waals surface area contributed by atoms with Crippen molar-refractivity contribution in [2.24, 2.45) is 5.92 Å². The first kappa shape index (κ1) is 21.2. The van der Waals surface area contributed by atoms with Crippen LogP contribution in [0.5, 0.6) is 0 Å². The maximum atomic E-state index is 13.7. The molecule has 1 saturated carbocycles. The van der Waals surface area contributed by atoms with Crippen molar-refractivity contribution in [3.63, 3.8) is 0 Å². The van der Waals surface area contributed by atoms with E-state index in [1.54, 1.807) is 0 Å². The summed E-state index contributed by atoms with van der Waals surface area (Å²) in [6, 6.07) is 10.3. The summed E-state index contributed by atoms with van der Waals surface area (Å²) >= 11 is 0. The molecule has 1 aromatic heterocycles. The van der Waals surface area contributed by atoms with Crippen LogP contribution in [0.15, 0.2) is 30.3 Å². The van der Waals surface area contributed by atoms with Crippen LogP contribution in [0.3, 0.4) is 0 Å². The van der Waals surface area contributed by atoms with Crippen molar-refractivity contribution in [3.8, 4) is 0 Å². The van der Waals surface area contributed by atoms with Gasteiger partial charge >= 0.3 is 0 Å². The summed E-state index contributed by atoms with van der Waals surface area (Å²) in [5.74, 6) is 0.837. The fourth-order valence-electron chi connectivity index (χ4n) is 5.55. The average Bonchev–Trinajstić information content (AvgIpc) is 3.38. The maximum absolute atomic E-state index is 13.7. The Morgan fingerprint density at radius 1 is 0.906 bits per heavy atom. The van der Waals surface area contributed by atoms with Crippen LogP contribution in [0.25, 0.3) is 10.9 Å². The summed E-state index contributed by atoms with van der Waals surface area (Å²) in [5, 5.41) is 4.26. The zero-order valence-electron chi connectivity index (χ0n) is 18.9. The number of pyridine rings is 1. The number of likely N-dealkylation sites (tertiary alicyclic amines) is 1. The summed E-state index contributed by atoms with van der Waals surface area (Å²) in [6.07, 6.45) is 9.85. The molecule has 1 N–H and O–H groups in total. The standard InChI is InChI=1S/C26H34N4O2/c31-25(27-21-11-2-1-3-12-21)20-10-8-16-30(18-20)26(32)22-17-19-9-4-5-13-23(19)28-24(22)29-14-6-7-15-29/h4-5,9,13,17,20-21H,1-3,6-8,10-12,14-16,18H2,(H,27,31). The highest BCUT2D eigenvalue weighted by atomic mass is 16.2. The second-order valence-electron chi connectivity index (χ2n) is 9.68. The second kappa shape index (κ2) is 9.47. The lowest BCUT2D eigenvalue weighted by Crippen LogP contribution is -2.48. The number of rotatable bonds is 4. The molecule has 3 heterocycles. The van der Waals surface area contributed by atoms with Gasteiger partial charge in [-0.2, -0.15) is 0 Å². The minimum atomic E-state index is -0.113. The zero-order valence-corrected chi connectivity index (χ0v) is 18.9. The molecule has 1 aliphatic carbocycles. The lowest BCUT2D eigenvalue weighted by atomic mass is 9.92. The van der Waals surface area contributed by atoms with E-state index in [0.717, 1.165) is 68.3 Å². The van der Waals surface area contributed by atoms with Gasteiger partial charge in [0.2, 0.25) is 5.91 Å². The van der Waals surface area contributed by atoms with Crippen molar-refractivity contribution >= 4 is 28.5 Å². The normalized spacial score (nSPS) is 22.3. The Kier molecular flexibility index (Phi) is 6.28. The van der Waals surface area contributed by atoms with Crippen molar-refractivity contribution in [2.75, 3.05) is 31.1 Å². The summed E-state index contributed by atoms with van der Waals surface area (Å²) in [5.41, 5.74) is 1.60. The number of nitrogens with zero attached hydrogens (tertiary/aromatic N) is 3. The number of hydrogen-bond donors (Lipinski definition) is 1. The SMILES string of the molecule is O=C(NC1CCCCC1)C1CCCN(C(=O)c2cc3ccccc3nc2N2CCCC2)C1. The number of aromatic nitrogens is 1. The predicted octanol–water partition coefficient (Wildman–Crippen LogP) is 4.14. The molecule has 2 aliphatic heterocycles. The van der Waals surface area contributed by atoms with E-state index in [0.29, 0.717) is 24.7 Å². The van der Waals surface area contributed by atoms with Crippen LogP contribution in [-0.4, -0.2) is 53.9 Å². The number of hydrogen-bond acceptors (Lipinski definition) is 4. The van der Waals surface area contributed by atoms with Crippen LogP contribution in [0, 0.1) is 5.92 Å². The van der Waals surface area contributed by atoms with Gasteiger partial charge in [-0.25, -0.2) is 4.98 Å². The van der Waals surface area contributed by atoms with Crippen molar-refractivity contribution in [2.45, 2.75) is 63.8 Å². The van der Waals surface area contributed by atoms with E-state index in [1.807, 2.05) is 35.2 Å². The van der Waals surface area contributed by atoms with Gasteiger partial charge in [-0.05, 0) is 50.7 Å². The molecule has 1 unspecified atom stereocenters. The summed E-state index contributed by atoms with van der Waals surface area (Å²) in [4.78, 5) is 35.7. The van der Waals surface area contributed by atoms with Gasteiger partial charge in [0, 0.05) is 37.6 Å². The Hall–Kier alpha value is -2.63. The third-order valence-electron chi connectivity index (χ3n) is 7.37. The van der Waals surface area contributed by atoms with Crippen LogP contribution in [0.2, 0.25) is 0 Å². The number of carbonyl (C=O) groups excluding carboxylic acids is 2. The lowest BCUT2D eigenvalue weighted by Gasteiger charge is -2.34. The van der Waals surface area contributed by atoms with Gasteiger partial charge in [0.25, 0.3) is 5.91 Å². The van der Waals surface area contributed by atoms with Crippen LogP contribution < -0.4 is 10.2 Å². The van der Waals surface area contributed by atoms with Crippen LogP contribution in [-0.2, 0) is 4.79 Å². The van der Waals surface area contributed by atoms with Gasteiger partial charge in [0.05, 0.1) is 17.0 Å². The van der Waals surface area contributed by atoms with Crippen LogP contribution in [0.1, 0.15) is 68.1 Å². The number of fused-ring (bicyclic) bond motifs is 1. The van der Waals surface area contributed by atoms with Crippen molar-refractivity contribution in [1.29, 1.82) is 0 Å². The quantitative estimate of drug-likeness (QED) is 0.786. The van der Waals surface area contributed by atoms with Crippen molar-refractivity contribution < 1.29 is 9.59 Å². The highest BCUT2D eigenvalue weighted by Crippen LogP contribution is 2.29. The molecular weight excluding hydrogens is 400 g/mol. The molecule has 2 amide bonds. The van der Waals surface area contributed by atoms with Gasteiger partial charge in [0.1, 0.15) is 5.82 Å². The fourth-order valence-corrected chi connectivity index (χ4v) is 5.55. The van der Waals surface area contributed by atoms with Crippen molar-refractivity contribution in [3.05, 3.63) is 35.9 Å². The van der Waals surface area contributed by atoms with E-state index >= 15 is 0 Å². The maximum Gasteiger partial charge on any atom is 0.257 e. The summed E-state index contributed by atoms with van der Waals surface area (Å²) in [6.45, 7) is 3.10. The van der Waals surface area contributed by atoms with Crippen molar-refractivity contribution in [1.82, 2.24) is 15.2 Å². The second-order valence-corrected chi connectivity index (χ2v) is 9.68. The van der Waals surface area contributed by atoms with E-state index in [-0.39, 0.29) is 17.7 Å². The Labute approximate surface area is 190 Å². The minimum absolute atomic E-state index is 0.0142. The molecule has 3 fully saturated rings. The Balaban J connectivity index is 1.35. The van der Waals surface area contributed by atoms with E-state index in [9.17, 15) is 9.59 Å². The number of para-hydroxylation sites is 1. The van der Waals surface area contributed by atoms with Gasteiger partial charge in [-0.15, -0.1) is 0 Å². The minimum Gasteiger partial charge on any atom is -0.356 e. The van der Waals surface area contributed by atoms with E-state index in [1.165, 1.54) is 19.3 Å². The van der Waals surface area contributed by atoms with Gasteiger partial charge < -0.3 is 15.1 Å². The molecule has 0 spiro atoms. The third kappa shape index (κ3) is 4.45. The first-order valence-corrected chi connectivity index (χ1v) is 12.4. The number of anilines is 1. The smallest absolute Gasteiger partial charge is 0.257 e. The molecule has 1 atom stereocenters. The van der Waals surface area contributed by atoms with Gasteiger partial charge in [0.15, 0.2) is 0 Å². The van der Waals surface area contributed by atoms with E-state index in [2.05, 4.69) is 10.2 Å². The highest BCUT2D eigenvalue weighted by molar-refractivity contribution is 6.02. The lowest BCUT2D eigenvalue weighted by molar-refractivity contribution is -0.127. The average molecular weight is 435 g/mol. The summed E-state index contributed by atoms with van der Waals surface area (Å²) < 4.78 is 0. The number of amides is 2. The number of nitrogens with one attached hydrogen (secondary N) is 1. The fraction of sp³-hybridized carbons (Fsp3) is 0.577. The molecule has 6 heteroatoms. The molecule has 2 aromatic rings. The molecule has 5 rings (SSSR count). The monoisotopic (exact) mass is 434 g/mol. The topological polar surface area (TPSA) is 65.5 Å². The van der Waals surface area contributed by atoms with Crippen LogP contribution in [0.4, 0.5) is 5.82 Å². The third-order valence-corrected chi connectivity index (χ3v) is 7.37. The Morgan fingerprint density at radius 3 is 2.50 bits per heavy atom. The first-order valence-electron chi connectivity index (χ1n) is 12.4. The zero-order chi connectivity index (χ0) is 21.9. The molecule has 0 bridgehead atoms. The highest BCUT2D eigenvalue weighted by Gasteiger charge is 2.32. The Bertz CT molecular complexity index is 979. The van der Waals surface area contributed by atoms with E-state index in [4.69, 9.17) is 4.98 Å². The predicted molar refractivity (Wildman–Crippen MR) is 127 cm³/mol. The number of piperidine rings is 1. The first-order chi connectivity index (χ1) is 15.7.